The Kier molecular flexibility index (Phi) is 2.86. The highest BCUT2D eigenvalue weighted by molar-refractivity contribution is 9.09. The summed E-state index contributed by atoms with van der Waals surface area (Å²) in [4.78, 5) is 24.6. The van der Waals surface area contributed by atoms with Crippen LogP contribution in [0.4, 0.5) is 10.1 Å². The summed E-state index contributed by atoms with van der Waals surface area (Å²) < 4.78 is 18.3. The van der Waals surface area contributed by atoms with Crippen LogP contribution in [0.3, 0.4) is 0 Å². The molecule has 0 unspecified atom stereocenters. The maximum Gasteiger partial charge on any atom is 0.310 e. The van der Waals surface area contributed by atoms with Crippen LogP contribution in [0.5, 0.6) is 0 Å². The molecule has 3 aliphatic rings. The molecule has 4 nitrogen and oxygen atoms in total. The number of nitrogens with one attached hydrogen (secondary N) is 1. The number of ether oxygens (including phenoxy) is 1. The maximum atomic E-state index is 12.9. The summed E-state index contributed by atoms with van der Waals surface area (Å²) in [6.07, 6.45) is 0.765. The smallest absolute Gasteiger partial charge is 0.310 e. The van der Waals surface area contributed by atoms with Crippen molar-refractivity contribution < 1.29 is 18.7 Å². The molecule has 1 aromatic carbocycles. The molecule has 110 valence electrons. The van der Waals surface area contributed by atoms with Gasteiger partial charge < -0.3 is 10.1 Å². The van der Waals surface area contributed by atoms with Gasteiger partial charge in [-0.2, -0.15) is 0 Å². The molecule has 1 heterocycles. The minimum absolute atomic E-state index is 0.0502. The average Bonchev–Trinajstić information content (AvgIpc) is 3.05. The molecule has 3 fully saturated rings. The van der Waals surface area contributed by atoms with Crippen LogP contribution in [0, 0.1) is 29.5 Å². The molecule has 1 aliphatic heterocycles. The fourth-order valence-electron chi connectivity index (χ4n) is 4.09. The summed E-state index contributed by atoms with van der Waals surface area (Å²) in [7, 11) is 0. The number of amides is 1. The van der Waals surface area contributed by atoms with E-state index in [9.17, 15) is 14.0 Å². The number of carbonyl (C=O) groups is 2. The van der Waals surface area contributed by atoms with Gasteiger partial charge in [-0.05, 0) is 36.6 Å². The van der Waals surface area contributed by atoms with Gasteiger partial charge in [-0.25, -0.2) is 4.39 Å². The summed E-state index contributed by atoms with van der Waals surface area (Å²) in [5.74, 6) is -1.21. The Bertz CT molecular complexity index is 620. The molecule has 1 N–H and O–H groups in total. The Morgan fingerprint density at radius 1 is 1.29 bits per heavy atom. The number of rotatable bonds is 2. The van der Waals surface area contributed by atoms with Crippen LogP contribution < -0.4 is 5.32 Å². The lowest BCUT2D eigenvalue weighted by Crippen LogP contribution is -2.40. The monoisotopic (exact) mass is 353 g/mol. The van der Waals surface area contributed by atoms with E-state index in [2.05, 4.69) is 21.2 Å². The fourth-order valence-corrected chi connectivity index (χ4v) is 5.13. The first kappa shape index (κ1) is 13.2. The third kappa shape index (κ3) is 1.84. The zero-order valence-corrected chi connectivity index (χ0v) is 12.5. The van der Waals surface area contributed by atoms with Crippen molar-refractivity contribution >= 4 is 33.5 Å². The van der Waals surface area contributed by atoms with Gasteiger partial charge in [0, 0.05) is 11.6 Å². The minimum atomic E-state index is -0.365. The van der Waals surface area contributed by atoms with Gasteiger partial charge in [0.15, 0.2) is 0 Å². The molecular formula is C15H13BrFNO3. The Labute approximate surface area is 129 Å². The summed E-state index contributed by atoms with van der Waals surface area (Å²) in [6.45, 7) is 0. The first-order valence-corrected chi connectivity index (χ1v) is 7.89. The predicted octanol–water partition coefficient (Wildman–Crippen LogP) is 2.34. The summed E-state index contributed by atoms with van der Waals surface area (Å²) in [5, 5.41) is 2.79. The maximum absolute atomic E-state index is 12.9. The Balaban J connectivity index is 1.57. The Hall–Kier alpha value is -1.43. The molecular weight excluding hydrogens is 341 g/mol. The van der Waals surface area contributed by atoms with Crippen molar-refractivity contribution in [3.8, 4) is 0 Å². The van der Waals surface area contributed by atoms with Crippen molar-refractivity contribution in [2.24, 2.45) is 23.7 Å². The SMILES string of the molecule is O=C(Nc1ccc(F)cc1)[C@@H]1[C@H]2C[C@H]3[C@H](OC(=O)[C@@H]31)[C@@H]2Br. The number of fused-ring (bicyclic) bond motifs is 1. The molecule has 21 heavy (non-hydrogen) atoms. The first-order chi connectivity index (χ1) is 10.1. The zero-order chi connectivity index (χ0) is 14.7. The molecule has 1 aromatic rings. The largest absolute Gasteiger partial charge is 0.461 e. The summed E-state index contributed by atoms with van der Waals surface area (Å²) in [6, 6.07) is 5.62. The van der Waals surface area contributed by atoms with Gasteiger partial charge in [0.05, 0.1) is 16.7 Å². The molecule has 2 bridgehead atoms. The van der Waals surface area contributed by atoms with Gasteiger partial charge in [0.2, 0.25) is 5.91 Å². The van der Waals surface area contributed by atoms with Crippen LogP contribution in [-0.2, 0) is 14.3 Å². The van der Waals surface area contributed by atoms with Crippen molar-refractivity contribution in [2.45, 2.75) is 17.4 Å². The van der Waals surface area contributed by atoms with Crippen LogP contribution in [0.1, 0.15) is 6.42 Å². The third-order valence-electron chi connectivity index (χ3n) is 4.94. The van der Waals surface area contributed by atoms with Crippen molar-refractivity contribution in [1.29, 1.82) is 0 Å². The van der Waals surface area contributed by atoms with Gasteiger partial charge in [0.1, 0.15) is 11.9 Å². The van der Waals surface area contributed by atoms with Crippen molar-refractivity contribution in [1.82, 2.24) is 0 Å². The lowest BCUT2D eigenvalue weighted by atomic mass is 9.79. The van der Waals surface area contributed by atoms with E-state index in [1.807, 2.05) is 0 Å². The number of halogens is 2. The minimum Gasteiger partial charge on any atom is -0.461 e. The fraction of sp³-hybridized carbons (Fsp3) is 0.467. The normalized spacial score (nSPS) is 39.4. The number of hydrogen-bond donors (Lipinski definition) is 1. The van der Waals surface area contributed by atoms with E-state index in [0.717, 1.165) is 6.42 Å². The molecule has 0 radical (unpaired) electrons. The molecule has 1 saturated heterocycles. The van der Waals surface area contributed by atoms with E-state index in [1.54, 1.807) is 0 Å². The molecule has 0 spiro atoms. The molecule has 0 aromatic heterocycles. The van der Waals surface area contributed by atoms with E-state index in [-0.39, 0.29) is 52.3 Å². The van der Waals surface area contributed by atoms with Gasteiger partial charge in [0.25, 0.3) is 0 Å². The topological polar surface area (TPSA) is 55.4 Å². The van der Waals surface area contributed by atoms with E-state index < -0.39 is 0 Å². The molecule has 6 heteroatoms. The van der Waals surface area contributed by atoms with E-state index in [1.165, 1.54) is 24.3 Å². The molecule has 2 saturated carbocycles. The van der Waals surface area contributed by atoms with E-state index in [4.69, 9.17) is 4.74 Å². The highest BCUT2D eigenvalue weighted by Gasteiger charge is 2.67. The van der Waals surface area contributed by atoms with Crippen LogP contribution >= 0.6 is 15.9 Å². The number of carbonyl (C=O) groups excluding carboxylic acids is 2. The highest BCUT2D eigenvalue weighted by atomic mass is 79.9. The van der Waals surface area contributed by atoms with E-state index >= 15 is 0 Å². The third-order valence-corrected chi connectivity index (χ3v) is 6.14. The van der Waals surface area contributed by atoms with E-state index in [0.29, 0.717) is 5.69 Å². The number of alkyl halides is 1. The lowest BCUT2D eigenvalue weighted by Gasteiger charge is -2.27. The van der Waals surface area contributed by atoms with Crippen LogP contribution in [0.25, 0.3) is 0 Å². The quantitative estimate of drug-likeness (QED) is 0.655. The zero-order valence-electron chi connectivity index (χ0n) is 11.0. The number of benzene rings is 1. The van der Waals surface area contributed by atoms with Gasteiger partial charge in [-0.3, -0.25) is 9.59 Å². The number of hydrogen-bond acceptors (Lipinski definition) is 3. The predicted molar refractivity (Wildman–Crippen MR) is 76.2 cm³/mol. The lowest BCUT2D eigenvalue weighted by molar-refractivity contribution is -0.145. The van der Waals surface area contributed by atoms with Crippen molar-refractivity contribution in [2.75, 3.05) is 5.32 Å². The molecule has 1 amide bonds. The number of anilines is 1. The molecule has 4 rings (SSSR count). The van der Waals surface area contributed by atoms with Crippen molar-refractivity contribution in [3.05, 3.63) is 30.1 Å². The molecule has 6 atom stereocenters. The Morgan fingerprint density at radius 2 is 2.00 bits per heavy atom. The van der Waals surface area contributed by atoms with Gasteiger partial charge in [-0.1, -0.05) is 15.9 Å². The first-order valence-electron chi connectivity index (χ1n) is 6.97. The second-order valence-corrected chi connectivity index (χ2v) is 7.01. The summed E-state index contributed by atoms with van der Waals surface area (Å²) >= 11 is 3.57. The van der Waals surface area contributed by atoms with Crippen LogP contribution in [0.15, 0.2) is 24.3 Å². The van der Waals surface area contributed by atoms with Crippen molar-refractivity contribution in [3.63, 3.8) is 0 Å². The summed E-state index contributed by atoms with van der Waals surface area (Å²) in [5.41, 5.74) is 0.540. The van der Waals surface area contributed by atoms with Crippen LogP contribution in [-0.4, -0.2) is 22.8 Å². The number of esters is 1. The Morgan fingerprint density at radius 3 is 2.71 bits per heavy atom. The average molecular weight is 354 g/mol. The second kappa shape index (κ2) is 4.53. The standard InChI is InChI=1S/C15H13BrFNO3/c16-12-8-5-9-11(15(20)21-13(9)12)10(8)14(19)18-7-3-1-6(17)2-4-7/h1-4,8-13H,5H2,(H,18,19)/t8-,9-,10-,11+,12-,13+/m1/s1. The van der Waals surface area contributed by atoms with Crippen LogP contribution in [0.2, 0.25) is 0 Å². The molecule has 2 aliphatic carbocycles. The van der Waals surface area contributed by atoms with Gasteiger partial charge in [-0.15, -0.1) is 0 Å². The second-order valence-electron chi connectivity index (χ2n) is 5.96. The van der Waals surface area contributed by atoms with Gasteiger partial charge >= 0.3 is 5.97 Å². The highest BCUT2D eigenvalue weighted by Crippen LogP contribution is 2.60.